The van der Waals surface area contributed by atoms with E-state index in [1.807, 2.05) is 31.2 Å². The van der Waals surface area contributed by atoms with Gasteiger partial charge >= 0.3 is 0 Å². The van der Waals surface area contributed by atoms with E-state index in [2.05, 4.69) is 34.0 Å². The third kappa shape index (κ3) is 3.78. The van der Waals surface area contributed by atoms with Crippen molar-refractivity contribution < 1.29 is 4.79 Å². The molecule has 0 bridgehead atoms. The molecule has 0 fully saturated rings. The second kappa shape index (κ2) is 6.83. The number of nitrogens with one attached hydrogen (secondary N) is 1. The van der Waals surface area contributed by atoms with Crippen molar-refractivity contribution in [2.24, 2.45) is 0 Å². The molecule has 0 radical (unpaired) electrons. The van der Waals surface area contributed by atoms with Gasteiger partial charge in [-0.3, -0.25) is 4.79 Å². The average molecular weight is 284 g/mol. The van der Waals surface area contributed by atoms with E-state index in [4.69, 9.17) is 0 Å². The van der Waals surface area contributed by atoms with Crippen LogP contribution < -0.4 is 10.2 Å². The molecule has 0 atom stereocenters. The lowest BCUT2D eigenvalue weighted by molar-refractivity contribution is 0.102. The molecule has 0 saturated heterocycles. The molecule has 1 N–H and O–H groups in total. The zero-order valence-corrected chi connectivity index (χ0v) is 12.6. The number of aromatic nitrogens is 2. The minimum Gasteiger partial charge on any atom is -0.356 e. The number of carbonyl (C=O) groups excluding carboxylic acids is 1. The Morgan fingerprint density at radius 1 is 1.10 bits per heavy atom. The van der Waals surface area contributed by atoms with Crippen LogP contribution in [0.5, 0.6) is 0 Å². The van der Waals surface area contributed by atoms with Gasteiger partial charge in [0.15, 0.2) is 0 Å². The van der Waals surface area contributed by atoms with Crippen molar-refractivity contribution in [2.45, 2.75) is 20.8 Å². The molecule has 0 aliphatic rings. The van der Waals surface area contributed by atoms with Crippen LogP contribution in [-0.4, -0.2) is 29.0 Å². The predicted octanol–water partition coefficient (Wildman–Crippen LogP) is 2.88. The quantitative estimate of drug-likeness (QED) is 0.917. The molecule has 2 rings (SSSR count). The van der Waals surface area contributed by atoms with Crippen LogP contribution in [0.2, 0.25) is 0 Å². The van der Waals surface area contributed by atoms with E-state index < -0.39 is 0 Å². The number of carbonyl (C=O) groups is 1. The van der Waals surface area contributed by atoms with Gasteiger partial charge in [-0.1, -0.05) is 17.7 Å². The molecule has 5 nitrogen and oxygen atoms in total. The minimum atomic E-state index is -0.252. The summed E-state index contributed by atoms with van der Waals surface area (Å²) in [5, 5.41) is 2.81. The normalized spacial score (nSPS) is 10.2. The fourth-order valence-corrected chi connectivity index (χ4v) is 1.98. The summed E-state index contributed by atoms with van der Waals surface area (Å²) in [5.41, 5.74) is 2.21. The van der Waals surface area contributed by atoms with Gasteiger partial charge in [0.05, 0.1) is 12.4 Å². The molecule has 5 heteroatoms. The Balaban J connectivity index is 2.07. The molecule has 0 aliphatic heterocycles. The molecule has 1 aromatic carbocycles. The summed E-state index contributed by atoms with van der Waals surface area (Å²) in [7, 11) is 0. The van der Waals surface area contributed by atoms with Crippen molar-refractivity contribution in [2.75, 3.05) is 23.3 Å². The maximum atomic E-state index is 12.1. The highest BCUT2D eigenvalue weighted by atomic mass is 16.1. The van der Waals surface area contributed by atoms with E-state index in [1.165, 1.54) is 6.20 Å². The van der Waals surface area contributed by atoms with Gasteiger partial charge in [-0.25, -0.2) is 9.97 Å². The van der Waals surface area contributed by atoms with Crippen molar-refractivity contribution in [1.82, 2.24) is 9.97 Å². The summed E-state index contributed by atoms with van der Waals surface area (Å²) < 4.78 is 0. The number of amides is 1. The first-order valence-electron chi connectivity index (χ1n) is 7.09. The molecule has 1 amide bonds. The summed E-state index contributed by atoms with van der Waals surface area (Å²) in [4.78, 5) is 22.7. The topological polar surface area (TPSA) is 58.1 Å². The monoisotopic (exact) mass is 284 g/mol. The number of hydrogen-bond acceptors (Lipinski definition) is 4. The fraction of sp³-hybridized carbons (Fsp3) is 0.312. The highest BCUT2D eigenvalue weighted by Gasteiger charge is 2.10. The third-order valence-corrected chi connectivity index (χ3v) is 3.27. The molecule has 0 spiro atoms. The maximum Gasteiger partial charge on any atom is 0.275 e. The van der Waals surface area contributed by atoms with Crippen LogP contribution in [0.4, 0.5) is 11.5 Å². The van der Waals surface area contributed by atoms with E-state index in [9.17, 15) is 4.79 Å². The molecule has 21 heavy (non-hydrogen) atoms. The van der Waals surface area contributed by atoms with E-state index >= 15 is 0 Å². The molecule has 2 aromatic rings. The summed E-state index contributed by atoms with van der Waals surface area (Å²) in [6.07, 6.45) is 3.15. The van der Waals surface area contributed by atoms with Crippen molar-refractivity contribution in [1.29, 1.82) is 0 Å². The molecule has 110 valence electrons. The Labute approximate surface area is 125 Å². The van der Waals surface area contributed by atoms with Gasteiger partial charge in [0.2, 0.25) is 0 Å². The number of rotatable bonds is 5. The minimum absolute atomic E-state index is 0.252. The average Bonchev–Trinajstić information content (AvgIpc) is 2.51. The van der Waals surface area contributed by atoms with Gasteiger partial charge < -0.3 is 10.2 Å². The Bertz CT molecular complexity index is 589. The summed E-state index contributed by atoms with van der Waals surface area (Å²) >= 11 is 0. The lowest BCUT2D eigenvalue weighted by Gasteiger charge is -2.18. The number of aryl methyl sites for hydroxylation is 1. The van der Waals surface area contributed by atoms with E-state index in [0.717, 1.165) is 30.2 Å². The molecule has 0 unspecified atom stereocenters. The first-order valence-corrected chi connectivity index (χ1v) is 7.09. The maximum absolute atomic E-state index is 12.1. The molecular formula is C16H20N4O. The van der Waals surface area contributed by atoms with Crippen LogP contribution in [0.15, 0.2) is 36.7 Å². The van der Waals surface area contributed by atoms with Crippen molar-refractivity contribution >= 4 is 17.4 Å². The van der Waals surface area contributed by atoms with Gasteiger partial charge in [-0.15, -0.1) is 0 Å². The second-order valence-corrected chi connectivity index (χ2v) is 4.75. The molecule has 0 saturated carbocycles. The molecule has 1 heterocycles. The first kappa shape index (κ1) is 15.0. The number of benzene rings is 1. The van der Waals surface area contributed by atoms with Crippen LogP contribution in [0, 0.1) is 6.92 Å². The zero-order valence-electron chi connectivity index (χ0n) is 12.6. The Kier molecular flexibility index (Phi) is 4.87. The predicted molar refractivity (Wildman–Crippen MR) is 84.7 cm³/mol. The van der Waals surface area contributed by atoms with Crippen LogP contribution in [0.1, 0.15) is 29.9 Å². The number of anilines is 2. The lowest BCUT2D eigenvalue weighted by atomic mass is 10.2. The number of nitrogens with zero attached hydrogens (tertiary/aromatic N) is 3. The highest BCUT2D eigenvalue weighted by molar-refractivity contribution is 6.02. The Morgan fingerprint density at radius 3 is 2.29 bits per heavy atom. The zero-order chi connectivity index (χ0) is 15.2. The summed E-state index contributed by atoms with van der Waals surface area (Å²) in [5.74, 6) is 0.532. The smallest absolute Gasteiger partial charge is 0.275 e. The standard InChI is InChI=1S/C16H20N4O/c1-4-20(5-2)15-11-17-14(10-18-15)16(21)19-13-8-6-12(3)7-9-13/h6-11H,4-5H2,1-3H3,(H,19,21). The Hall–Kier alpha value is -2.43. The summed E-state index contributed by atoms with van der Waals surface area (Å²) in [6.45, 7) is 7.84. The van der Waals surface area contributed by atoms with Gasteiger partial charge in [0.25, 0.3) is 5.91 Å². The van der Waals surface area contributed by atoms with Gasteiger partial charge in [-0.05, 0) is 32.9 Å². The fourth-order valence-electron chi connectivity index (χ4n) is 1.98. The van der Waals surface area contributed by atoms with E-state index in [-0.39, 0.29) is 5.91 Å². The second-order valence-electron chi connectivity index (χ2n) is 4.75. The van der Waals surface area contributed by atoms with Crippen molar-refractivity contribution in [3.8, 4) is 0 Å². The third-order valence-electron chi connectivity index (χ3n) is 3.27. The van der Waals surface area contributed by atoms with E-state index in [1.54, 1.807) is 6.20 Å². The van der Waals surface area contributed by atoms with Crippen LogP contribution in [-0.2, 0) is 0 Å². The SMILES string of the molecule is CCN(CC)c1cnc(C(=O)Nc2ccc(C)cc2)cn1. The summed E-state index contributed by atoms with van der Waals surface area (Å²) in [6, 6.07) is 7.63. The highest BCUT2D eigenvalue weighted by Crippen LogP contribution is 2.11. The lowest BCUT2D eigenvalue weighted by Crippen LogP contribution is -2.23. The molecule has 1 aromatic heterocycles. The van der Waals surface area contributed by atoms with E-state index in [0.29, 0.717) is 5.69 Å². The van der Waals surface area contributed by atoms with Crippen LogP contribution >= 0.6 is 0 Å². The van der Waals surface area contributed by atoms with Crippen LogP contribution in [0.3, 0.4) is 0 Å². The number of hydrogen-bond donors (Lipinski definition) is 1. The molecular weight excluding hydrogens is 264 g/mol. The van der Waals surface area contributed by atoms with Gasteiger partial charge in [0, 0.05) is 18.8 Å². The van der Waals surface area contributed by atoms with Gasteiger partial charge in [0.1, 0.15) is 11.5 Å². The van der Waals surface area contributed by atoms with Crippen molar-refractivity contribution in [3.63, 3.8) is 0 Å². The Morgan fingerprint density at radius 2 is 1.76 bits per heavy atom. The largest absolute Gasteiger partial charge is 0.356 e. The van der Waals surface area contributed by atoms with Crippen LogP contribution in [0.25, 0.3) is 0 Å². The molecule has 0 aliphatic carbocycles. The van der Waals surface area contributed by atoms with Crippen molar-refractivity contribution in [3.05, 3.63) is 47.9 Å². The van der Waals surface area contributed by atoms with Gasteiger partial charge in [-0.2, -0.15) is 0 Å². The first-order chi connectivity index (χ1) is 10.1.